The number of nitrogens with two attached hydrogens (primary N) is 1. The highest BCUT2D eigenvalue weighted by Crippen LogP contribution is 2.17. The SMILES string of the molecule is CC(NCc1ccc(S(N)(=O)=O)cc1)c1ccccc1F. The Morgan fingerprint density at radius 1 is 1.14 bits per heavy atom. The molecule has 0 bridgehead atoms. The number of hydrogen-bond acceptors (Lipinski definition) is 3. The van der Waals surface area contributed by atoms with E-state index in [0.29, 0.717) is 12.1 Å². The largest absolute Gasteiger partial charge is 0.306 e. The van der Waals surface area contributed by atoms with E-state index in [1.165, 1.54) is 18.2 Å². The first kappa shape index (κ1) is 15.6. The van der Waals surface area contributed by atoms with E-state index in [0.717, 1.165) is 5.56 Å². The summed E-state index contributed by atoms with van der Waals surface area (Å²) in [6.45, 7) is 2.37. The second-order valence-electron chi connectivity index (χ2n) is 4.81. The van der Waals surface area contributed by atoms with Crippen LogP contribution in [-0.4, -0.2) is 8.42 Å². The summed E-state index contributed by atoms with van der Waals surface area (Å²) in [7, 11) is -3.67. The predicted molar refractivity (Wildman–Crippen MR) is 79.5 cm³/mol. The maximum Gasteiger partial charge on any atom is 0.238 e. The summed E-state index contributed by atoms with van der Waals surface area (Å²) in [6, 6.07) is 12.7. The molecule has 0 aromatic heterocycles. The molecule has 1 unspecified atom stereocenters. The van der Waals surface area contributed by atoms with E-state index in [-0.39, 0.29) is 16.8 Å². The maximum atomic E-state index is 13.6. The molecule has 0 aliphatic carbocycles. The van der Waals surface area contributed by atoms with Crippen molar-refractivity contribution >= 4 is 10.0 Å². The van der Waals surface area contributed by atoms with E-state index in [4.69, 9.17) is 5.14 Å². The van der Waals surface area contributed by atoms with Gasteiger partial charge in [0, 0.05) is 18.2 Å². The van der Waals surface area contributed by atoms with Gasteiger partial charge in [-0.05, 0) is 30.7 Å². The summed E-state index contributed by atoms with van der Waals surface area (Å²) in [5.74, 6) is -0.248. The van der Waals surface area contributed by atoms with Gasteiger partial charge in [-0.25, -0.2) is 17.9 Å². The highest BCUT2D eigenvalue weighted by Gasteiger charge is 2.10. The molecule has 0 saturated carbocycles. The van der Waals surface area contributed by atoms with Crippen LogP contribution >= 0.6 is 0 Å². The Labute approximate surface area is 123 Å². The van der Waals surface area contributed by atoms with Crippen molar-refractivity contribution in [1.29, 1.82) is 0 Å². The number of benzene rings is 2. The van der Waals surface area contributed by atoms with Gasteiger partial charge >= 0.3 is 0 Å². The van der Waals surface area contributed by atoms with Crippen LogP contribution in [0.15, 0.2) is 53.4 Å². The molecule has 0 saturated heterocycles. The summed E-state index contributed by atoms with van der Waals surface area (Å²) < 4.78 is 35.9. The van der Waals surface area contributed by atoms with Gasteiger partial charge in [-0.15, -0.1) is 0 Å². The van der Waals surface area contributed by atoms with E-state index >= 15 is 0 Å². The third kappa shape index (κ3) is 4.10. The molecular weight excluding hydrogens is 291 g/mol. The molecule has 3 N–H and O–H groups in total. The lowest BCUT2D eigenvalue weighted by Gasteiger charge is -2.15. The molecule has 2 rings (SSSR count). The number of rotatable bonds is 5. The van der Waals surface area contributed by atoms with E-state index in [1.54, 1.807) is 30.3 Å². The van der Waals surface area contributed by atoms with Gasteiger partial charge in [0.25, 0.3) is 0 Å². The van der Waals surface area contributed by atoms with Gasteiger partial charge in [0.1, 0.15) is 5.82 Å². The molecule has 0 heterocycles. The first-order chi connectivity index (χ1) is 9.88. The normalized spacial score (nSPS) is 13.1. The summed E-state index contributed by atoms with van der Waals surface area (Å²) in [4.78, 5) is 0.0772. The second-order valence-corrected chi connectivity index (χ2v) is 6.37. The summed E-state index contributed by atoms with van der Waals surface area (Å²) in [5.41, 5.74) is 1.49. The lowest BCUT2D eigenvalue weighted by Crippen LogP contribution is -2.19. The number of primary sulfonamides is 1. The van der Waals surface area contributed by atoms with Gasteiger partial charge in [0.05, 0.1) is 4.90 Å². The fourth-order valence-electron chi connectivity index (χ4n) is 2.00. The van der Waals surface area contributed by atoms with Gasteiger partial charge in [-0.2, -0.15) is 0 Å². The molecule has 6 heteroatoms. The first-order valence-corrected chi connectivity index (χ1v) is 8.02. The summed E-state index contributed by atoms with van der Waals surface area (Å²) in [5, 5.41) is 8.23. The van der Waals surface area contributed by atoms with Crippen molar-refractivity contribution in [3.05, 3.63) is 65.5 Å². The third-order valence-corrected chi connectivity index (χ3v) is 4.17. The second kappa shape index (κ2) is 6.34. The number of sulfonamides is 1. The Morgan fingerprint density at radius 3 is 2.33 bits per heavy atom. The van der Waals surface area contributed by atoms with E-state index < -0.39 is 10.0 Å². The fourth-order valence-corrected chi connectivity index (χ4v) is 2.52. The molecule has 2 aromatic rings. The van der Waals surface area contributed by atoms with Crippen LogP contribution in [0.25, 0.3) is 0 Å². The van der Waals surface area contributed by atoms with Crippen LogP contribution in [0, 0.1) is 5.82 Å². The fraction of sp³-hybridized carbons (Fsp3) is 0.200. The molecule has 0 radical (unpaired) electrons. The summed E-state index contributed by atoms with van der Waals surface area (Å²) in [6.07, 6.45) is 0. The Hall–Kier alpha value is -1.76. The zero-order chi connectivity index (χ0) is 15.5. The molecule has 2 aromatic carbocycles. The molecule has 0 spiro atoms. The van der Waals surface area contributed by atoms with Crippen LogP contribution in [0.2, 0.25) is 0 Å². The van der Waals surface area contributed by atoms with Crippen molar-refractivity contribution in [2.24, 2.45) is 5.14 Å². The van der Waals surface area contributed by atoms with Crippen molar-refractivity contribution < 1.29 is 12.8 Å². The van der Waals surface area contributed by atoms with E-state index in [1.807, 2.05) is 6.92 Å². The first-order valence-electron chi connectivity index (χ1n) is 6.47. The minimum absolute atomic E-state index is 0.0772. The Kier molecular flexibility index (Phi) is 4.72. The van der Waals surface area contributed by atoms with Crippen molar-refractivity contribution in [2.75, 3.05) is 0 Å². The number of halogens is 1. The topological polar surface area (TPSA) is 72.2 Å². The highest BCUT2D eigenvalue weighted by molar-refractivity contribution is 7.89. The standard InChI is InChI=1S/C15H17FN2O2S/c1-11(14-4-2-3-5-15(14)16)18-10-12-6-8-13(9-7-12)21(17,19)20/h2-9,11,18H,10H2,1H3,(H2,17,19,20). The lowest BCUT2D eigenvalue weighted by atomic mass is 10.1. The van der Waals surface area contributed by atoms with Gasteiger partial charge in [-0.3, -0.25) is 0 Å². The van der Waals surface area contributed by atoms with Crippen molar-refractivity contribution in [2.45, 2.75) is 24.4 Å². The lowest BCUT2D eigenvalue weighted by molar-refractivity contribution is 0.528. The van der Waals surface area contributed by atoms with E-state index in [9.17, 15) is 12.8 Å². The van der Waals surface area contributed by atoms with Crippen LogP contribution < -0.4 is 10.5 Å². The van der Waals surface area contributed by atoms with Gasteiger partial charge < -0.3 is 5.32 Å². The number of hydrogen-bond donors (Lipinski definition) is 2. The van der Waals surface area contributed by atoms with Gasteiger partial charge in [0.2, 0.25) is 10.0 Å². The average Bonchev–Trinajstić information content (AvgIpc) is 2.45. The van der Waals surface area contributed by atoms with Crippen LogP contribution in [0.1, 0.15) is 24.1 Å². The molecule has 0 aliphatic rings. The predicted octanol–water partition coefficient (Wildman–Crippen LogP) is 2.32. The molecule has 0 amide bonds. The smallest absolute Gasteiger partial charge is 0.238 e. The van der Waals surface area contributed by atoms with Crippen LogP contribution in [0.5, 0.6) is 0 Å². The Balaban J connectivity index is 2.02. The Bertz CT molecular complexity index is 715. The molecule has 0 fully saturated rings. The minimum Gasteiger partial charge on any atom is -0.306 e. The van der Waals surface area contributed by atoms with Crippen molar-refractivity contribution in [1.82, 2.24) is 5.32 Å². The zero-order valence-electron chi connectivity index (χ0n) is 11.6. The molecule has 4 nitrogen and oxygen atoms in total. The number of nitrogens with one attached hydrogen (secondary N) is 1. The van der Waals surface area contributed by atoms with Gasteiger partial charge in [0.15, 0.2) is 0 Å². The molecule has 0 aliphatic heterocycles. The highest BCUT2D eigenvalue weighted by atomic mass is 32.2. The van der Waals surface area contributed by atoms with E-state index in [2.05, 4.69) is 5.32 Å². The maximum absolute atomic E-state index is 13.6. The van der Waals surface area contributed by atoms with Crippen LogP contribution in [0.3, 0.4) is 0 Å². The van der Waals surface area contributed by atoms with Gasteiger partial charge in [-0.1, -0.05) is 30.3 Å². The van der Waals surface area contributed by atoms with Crippen LogP contribution in [0.4, 0.5) is 4.39 Å². The molecule has 112 valence electrons. The van der Waals surface area contributed by atoms with Crippen LogP contribution in [-0.2, 0) is 16.6 Å². The monoisotopic (exact) mass is 308 g/mol. The minimum atomic E-state index is -3.67. The quantitative estimate of drug-likeness (QED) is 0.890. The third-order valence-electron chi connectivity index (χ3n) is 3.24. The molecular formula is C15H17FN2O2S. The molecule has 1 atom stereocenters. The summed E-state index contributed by atoms with van der Waals surface area (Å²) >= 11 is 0. The zero-order valence-corrected chi connectivity index (χ0v) is 12.4. The Morgan fingerprint density at radius 2 is 1.76 bits per heavy atom. The van der Waals surface area contributed by atoms with Crippen molar-refractivity contribution in [3.63, 3.8) is 0 Å². The average molecular weight is 308 g/mol. The van der Waals surface area contributed by atoms with Crippen molar-refractivity contribution in [3.8, 4) is 0 Å². The molecule has 21 heavy (non-hydrogen) atoms.